The first-order chi connectivity index (χ1) is 8.15. The summed E-state index contributed by atoms with van der Waals surface area (Å²) >= 11 is 5.93. The van der Waals surface area contributed by atoms with Crippen molar-refractivity contribution in [2.24, 2.45) is 0 Å². The molecule has 1 heterocycles. The minimum atomic E-state index is -0.325. The lowest BCUT2D eigenvalue weighted by Crippen LogP contribution is -2.48. The Balaban J connectivity index is 2.10. The summed E-state index contributed by atoms with van der Waals surface area (Å²) in [5.41, 5.74) is -0.424. The van der Waals surface area contributed by atoms with Crippen LogP contribution in [-0.2, 0) is 0 Å². The Kier molecular flexibility index (Phi) is 3.47. The molecule has 0 radical (unpaired) electrons. The maximum absolute atomic E-state index is 11.9. The van der Waals surface area contributed by atoms with Gasteiger partial charge in [-0.2, -0.15) is 5.10 Å². The molecular formula is C11H14ClN3O2. The molecule has 1 aliphatic carbocycles. The maximum atomic E-state index is 11.9. The SMILES string of the molecule is O=C(NC1(CCl)CCCC1)c1ccc(=O)[nH]n1. The second kappa shape index (κ2) is 4.87. The predicted octanol–water partition coefficient (Wildman–Crippen LogP) is 1.05. The molecule has 0 bridgehead atoms. The molecule has 2 N–H and O–H groups in total. The highest BCUT2D eigenvalue weighted by atomic mass is 35.5. The Hall–Kier alpha value is -1.36. The first-order valence-electron chi connectivity index (χ1n) is 5.59. The fraction of sp³-hybridized carbons (Fsp3) is 0.545. The Morgan fingerprint density at radius 3 is 2.71 bits per heavy atom. The summed E-state index contributed by atoms with van der Waals surface area (Å²) in [7, 11) is 0. The van der Waals surface area contributed by atoms with E-state index < -0.39 is 0 Å². The first kappa shape index (κ1) is 12.1. The molecule has 0 aliphatic heterocycles. The Bertz CT molecular complexity index is 446. The number of aromatic nitrogens is 2. The van der Waals surface area contributed by atoms with Gasteiger partial charge in [0.15, 0.2) is 0 Å². The van der Waals surface area contributed by atoms with Crippen molar-refractivity contribution in [1.82, 2.24) is 15.5 Å². The molecule has 92 valence electrons. The highest BCUT2D eigenvalue weighted by Crippen LogP contribution is 2.30. The molecule has 0 unspecified atom stereocenters. The van der Waals surface area contributed by atoms with Crippen LogP contribution in [0.5, 0.6) is 0 Å². The van der Waals surface area contributed by atoms with Crippen LogP contribution < -0.4 is 10.9 Å². The number of rotatable bonds is 3. The third kappa shape index (κ3) is 2.66. The second-order valence-corrected chi connectivity index (χ2v) is 4.65. The number of alkyl halides is 1. The number of H-pyrrole nitrogens is 1. The Morgan fingerprint density at radius 2 is 2.18 bits per heavy atom. The van der Waals surface area contributed by atoms with E-state index in [-0.39, 0.29) is 22.7 Å². The molecule has 0 saturated heterocycles. The van der Waals surface area contributed by atoms with E-state index in [0.717, 1.165) is 25.7 Å². The molecular weight excluding hydrogens is 242 g/mol. The average Bonchev–Trinajstić information content (AvgIpc) is 2.79. The number of nitrogens with zero attached hydrogens (tertiary/aromatic N) is 1. The van der Waals surface area contributed by atoms with Crippen molar-refractivity contribution >= 4 is 17.5 Å². The van der Waals surface area contributed by atoms with Crippen molar-refractivity contribution in [3.05, 3.63) is 28.2 Å². The zero-order chi connectivity index (χ0) is 12.3. The van der Waals surface area contributed by atoms with Gasteiger partial charge in [-0.05, 0) is 18.9 Å². The first-order valence-corrected chi connectivity index (χ1v) is 6.13. The van der Waals surface area contributed by atoms with Gasteiger partial charge in [-0.15, -0.1) is 11.6 Å². The molecule has 1 fully saturated rings. The number of carbonyl (C=O) groups is 1. The average molecular weight is 256 g/mol. The van der Waals surface area contributed by atoms with Crippen molar-refractivity contribution in [1.29, 1.82) is 0 Å². The molecule has 5 nitrogen and oxygen atoms in total. The van der Waals surface area contributed by atoms with Crippen LogP contribution in [0.1, 0.15) is 36.2 Å². The molecule has 2 rings (SSSR count). The van der Waals surface area contributed by atoms with Gasteiger partial charge in [0.2, 0.25) is 0 Å². The van der Waals surface area contributed by atoms with Crippen LogP contribution in [0.25, 0.3) is 0 Å². The van der Waals surface area contributed by atoms with Crippen LogP contribution in [0.3, 0.4) is 0 Å². The minimum absolute atomic E-state index is 0.209. The van der Waals surface area contributed by atoms with Crippen LogP contribution in [0.4, 0.5) is 0 Å². The predicted molar refractivity (Wildman–Crippen MR) is 64.2 cm³/mol. The largest absolute Gasteiger partial charge is 0.344 e. The molecule has 0 aromatic carbocycles. The van der Waals surface area contributed by atoms with Gasteiger partial charge in [0.05, 0.1) is 5.54 Å². The smallest absolute Gasteiger partial charge is 0.272 e. The van der Waals surface area contributed by atoms with Gasteiger partial charge in [0.25, 0.3) is 11.5 Å². The fourth-order valence-electron chi connectivity index (χ4n) is 2.12. The number of halogens is 1. The van der Waals surface area contributed by atoms with E-state index in [9.17, 15) is 9.59 Å². The third-order valence-electron chi connectivity index (χ3n) is 3.11. The molecule has 1 aliphatic rings. The van der Waals surface area contributed by atoms with Crippen LogP contribution in [0.2, 0.25) is 0 Å². The summed E-state index contributed by atoms with van der Waals surface area (Å²) in [5.74, 6) is 0.117. The number of nitrogens with one attached hydrogen (secondary N) is 2. The van der Waals surface area contributed by atoms with Gasteiger partial charge in [0, 0.05) is 11.9 Å². The highest BCUT2D eigenvalue weighted by Gasteiger charge is 2.34. The number of amides is 1. The summed E-state index contributed by atoms with van der Waals surface area (Å²) in [6.45, 7) is 0. The van der Waals surface area contributed by atoms with Gasteiger partial charge in [0.1, 0.15) is 5.69 Å². The third-order valence-corrected chi connectivity index (χ3v) is 3.62. The van der Waals surface area contributed by atoms with Crippen molar-refractivity contribution in [3.8, 4) is 0 Å². The lowest BCUT2D eigenvalue weighted by molar-refractivity contribution is 0.0903. The van der Waals surface area contributed by atoms with Gasteiger partial charge in [-0.1, -0.05) is 12.8 Å². The summed E-state index contributed by atoms with van der Waals surface area (Å²) in [4.78, 5) is 22.8. The van der Waals surface area contributed by atoms with Crippen molar-refractivity contribution < 1.29 is 4.79 Å². The van der Waals surface area contributed by atoms with E-state index in [0.29, 0.717) is 5.88 Å². The van der Waals surface area contributed by atoms with Crippen molar-refractivity contribution in [2.75, 3.05) is 5.88 Å². The zero-order valence-electron chi connectivity index (χ0n) is 9.33. The van der Waals surface area contributed by atoms with Crippen molar-refractivity contribution in [2.45, 2.75) is 31.2 Å². The topological polar surface area (TPSA) is 74.8 Å². The molecule has 0 atom stereocenters. The van der Waals surface area contributed by atoms with E-state index in [1.165, 1.54) is 12.1 Å². The monoisotopic (exact) mass is 255 g/mol. The number of hydrogen-bond donors (Lipinski definition) is 2. The van der Waals surface area contributed by atoms with E-state index >= 15 is 0 Å². The summed E-state index contributed by atoms with van der Waals surface area (Å²) in [6, 6.07) is 2.69. The number of aromatic amines is 1. The molecule has 0 spiro atoms. The molecule has 6 heteroatoms. The van der Waals surface area contributed by atoms with E-state index in [4.69, 9.17) is 11.6 Å². The van der Waals surface area contributed by atoms with Crippen LogP contribution >= 0.6 is 11.6 Å². The number of hydrogen-bond acceptors (Lipinski definition) is 3. The standard InChI is InChI=1S/C11H14ClN3O2/c12-7-11(5-1-2-6-11)13-10(17)8-3-4-9(16)15-14-8/h3-4H,1-2,5-7H2,(H,13,17)(H,15,16). The molecule has 1 aromatic heterocycles. The van der Waals surface area contributed by atoms with Gasteiger partial charge in [-0.25, -0.2) is 5.10 Å². The maximum Gasteiger partial charge on any atom is 0.272 e. The van der Waals surface area contributed by atoms with E-state index in [2.05, 4.69) is 15.5 Å². The van der Waals surface area contributed by atoms with Crippen LogP contribution in [0, 0.1) is 0 Å². The molecule has 1 amide bonds. The lowest BCUT2D eigenvalue weighted by atomic mass is 10.0. The summed E-state index contributed by atoms with van der Waals surface area (Å²) < 4.78 is 0. The normalized spacial score (nSPS) is 17.9. The highest BCUT2D eigenvalue weighted by molar-refractivity contribution is 6.19. The summed E-state index contributed by atoms with van der Waals surface area (Å²) in [5, 5.41) is 8.85. The van der Waals surface area contributed by atoms with Crippen molar-refractivity contribution in [3.63, 3.8) is 0 Å². The fourth-order valence-corrected chi connectivity index (χ4v) is 2.45. The van der Waals surface area contributed by atoms with E-state index in [1.807, 2.05) is 0 Å². The second-order valence-electron chi connectivity index (χ2n) is 4.38. The molecule has 1 saturated carbocycles. The zero-order valence-corrected chi connectivity index (χ0v) is 10.1. The Morgan fingerprint density at radius 1 is 1.47 bits per heavy atom. The van der Waals surface area contributed by atoms with Gasteiger partial charge in [-0.3, -0.25) is 9.59 Å². The lowest BCUT2D eigenvalue weighted by Gasteiger charge is -2.27. The minimum Gasteiger partial charge on any atom is -0.344 e. The quantitative estimate of drug-likeness (QED) is 0.793. The molecule has 1 aromatic rings. The number of carbonyl (C=O) groups excluding carboxylic acids is 1. The van der Waals surface area contributed by atoms with Gasteiger partial charge < -0.3 is 5.32 Å². The van der Waals surface area contributed by atoms with E-state index in [1.54, 1.807) is 0 Å². The van der Waals surface area contributed by atoms with Crippen LogP contribution in [-0.4, -0.2) is 27.5 Å². The molecule has 17 heavy (non-hydrogen) atoms. The van der Waals surface area contributed by atoms with Gasteiger partial charge >= 0.3 is 0 Å². The van der Waals surface area contributed by atoms with Crippen LogP contribution in [0.15, 0.2) is 16.9 Å². The summed E-state index contributed by atoms with van der Waals surface area (Å²) in [6.07, 6.45) is 3.94. The Labute approximate surface area is 104 Å².